The van der Waals surface area contributed by atoms with E-state index in [-0.39, 0.29) is 25.7 Å². The largest absolute Gasteiger partial charge is 0.471 e. The van der Waals surface area contributed by atoms with Crippen molar-refractivity contribution in [2.24, 2.45) is 5.92 Å². The molecular formula is C14H27F3INO5. The Morgan fingerprint density at radius 3 is 2.17 bits per heavy atom. The third-order valence-corrected chi connectivity index (χ3v) is 2.83. The molecule has 0 saturated heterocycles. The molecule has 0 aliphatic carbocycles. The zero-order chi connectivity index (χ0) is 19.6. The fraction of sp³-hybridized carbons (Fsp3) is 0.786. The fourth-order valence-corrected chi connectivity index (χ4v) is 1.40. The highest BCUT2D eigenvalue weighted by Crippen LogP contribution is 2.13. The van der Waals surface area contributed by atoms with E-state index >= 15 is 0 Å². The summed E-state index contributed by atoms with van der Waals surface area (Å²) in [5.41, 5.74) is 0. The van der Waals surface area contributed by atoms with Crippen LogP contribution in [0, 0.1) is 5.92 Å². The quantitative estimate of drug-likeness (QED) is 0.338. The molecule has 0 aliphatic heterocycles. The average molecular weight is 473 g/mol. The van der Waals surface area contributed by atoms with Crippen molar-refractivity contribution in [2.75, 3.05) is 26.9 Å². The number of hydrogen-bond acceptors (Lipinski definition) is 5. The summed E-state index contributed by atoms with van der Waals surface area (Å²) < 4.78 is 47.1. The lowest BCUT2D eigenvalue weighted by atomic mass is 10.1. The second-order valence-corrected chi connectivity index (χ2v) is 5.75. The van der Waals surface area contributed by atoms with E-state index in [1.54, 1.807) is 12.2 Å². The van der Waals surface area contributed by atoms with Gasteiger partial charge in [-0.2, -0.15) is 13.2 Å². The van der Waals surface area contributed by atoms with E-state index in [1.807, 2.05) is 0 Å². The summed E-state index contributed by atoms with van der Waals surface area (Å²) in [5.74, 6) is -1.46. The number of esters is 1. The molecule has 146 valence electrons. The molecule has 0 aliphatic rings. The van der Waals surface area contributed by atoms with Crippen LogP contribution in [0.4, 0.5) is 13.2 Å². The average Bonchev–Trinajstić information content (AvgIpc) is 2.49. The number of aliphatic hydroxyl groups is 1. The van der Waals surface area contributed by atoms with E-state index in [9.17, 15) is 22.8 Å². The SMILES string of the molecule is C=IOCCNC(=O)C(F)(F)F.CCO.COC(=O)CCC(C)C. The van der Waals surface area contributed by atoms with Gasteiger partial charge < -0.3 is 18.2 Å². The molecule has 0 rings (SSSR count). The zero-order valence-corrected chi connectivity index (χ0v) is 16.6. The van der Waals surface area contributed by atoms with Gasteiger partial charge in [-0.3, -0.25) is 9.59 Å². The highest BCUT2D eigenvalue weighted by molar-refractivity contribution is 14.2. The smallest absolute Gasteiger partial charge is 0.469 e. The molecule has 0 fully saturated rings. The van der Waals surface area contributed by atoms with Crippen LogP contribution < -0.4 is 5.32 Å². The first-order chi connectivity index (χ1) is 11.1. The van der Waals surface area contributed by atoms with Gasteiger partial charge in [0.2, 0.25) is 0 Å². The third-order valence-electron chi connectivity index (χ3n) is 1.95. The molecule has 0 saturated carbocycles. The summed E-state index contributed by atoms with van der Waals surface area (Å²) in [5, 5.41) is 9.23. The Balaban J connectivity index is -0.000000324. The fourth-order valence-electron chi connectivity index (χ4n) is 0.867. The molecule has 0 spiro atoms. The van der Waals surface area contributed by atoms with Crippen molar-refractivity contribution in [1.82, 2.24) is 5.32 Å². The van der Waals surface area contributed by atoms with Crippen molar-refractivity contribution in [3.05, 3.63) is 0 Å². The van der Waals surface area contributed by atoms with Crippen LogP contribution in [0.25, 0.3) is 0 Å². The lowest BCUT2D eigenvalue weighted by Gasteiger charge is -2.06. The van der Waals surface area contributed by atoms with Gasteiger partial charge in [0.05, 0.1) is 13.7 Å². The van der Waals surface area contributed by atoms with Crippen LogP contribution in [-0.2, 0) is 17.4 Å². The number of carbonyl (C=O) groups is 2. The Morgan fingerprint density at radius 1 is 1.33 bits per heavy atom. The maximum atomic E-state index is 11.5. The van der Waals surface area contributed by atoms with Gasteiger partial charge in [-0.1, -0.05) is 13.8 Å². The van der Waals surface area contributed by atoms with Crippen LogP contribution in [0.15, 0.2) is 0 Å². The number of amides is 1. The van der Waals surface area contributed by atoms with Crippen molar-refractivity contribution < 1.29 is 35.7 Å². The van der Waals surface area contributed by atoms with E-state index in [2.05, 4.69) is 23.1 Å². The predicted octanol–water partition coefficient (Wildman–Crippen LogP) is 2.59. The molecule has 0 atom stereocenters. The second-order valence-electron chi connectivity index (χ2n) is 4.50. The monoisotopic (exact) mass is 473 g/mol. The van der Waals surface area contributed by atoms with Gasteiger partial charge in [-0.05, 0) is 23.8 Å². The molecule has 0 aromatic carbocycles. The van der Waals surface area contributed by atoms with Gasteiger partial charge in [0.1, 0.15) is 0 Å². The summed E-state index contributed by atoms with van der Waals surface area (Å²) in [6.07, 6.45) is -3.33. The normalized spacial score (nSPS) is 10.0. The molecule has 0 radical (unpaired) electrons. The number of rotatable bonds is 7. The number of aliphatic hydroxyl groups excluding tert-OH is 1. The number of carbonyl (C=O) groups excluding carboxylic acids is 2. The van der Waals surface area contributed by atoms with Gasteiger partial charge in [0.25, 0.3) is 0 Å². The Kier molecular flexibility index (Phi) is 21.7. The second kappa shape index (κ2) is 18.6. The molecule has 0 aromatic heterocycles. The van der Waals surface area contributed by atoms with E-state index in [4.69, 9.17) is 8.17 Å². The van der Waals surface area contributed by atoms with Crippen molar-refractivity contribution in [3.63, 3.8) is 0 Å². The lowest BCUT2D eigenvalue weighted by Crippen LogP contribution is -2.38. The number of alkyl halides is 3. The first-order valence-corrected chi connectivity index (χ1v) is 9.50. The number of nitrogens with one attached hydrogen (secondary N) is 1. The van der Waals surface area contributed by atoms with Gasteiger partial charge in [-0.15, -0.1) is 0 Å². The maximum absolute atomic E-state index is 11.5. The Morgan fingerprint density at radius 2 is 1.83 bits per heavy atom. The van der Waals surface area contributed by atoms with E-state index < -0.39 is 33.2 Å². The summed E-state index contributed by atoms with van der Waals surface area (Å²) >= 11 is -0.636. The molecule has 0 unspecified atom stereocenters. The first kappa shape index (κ1) is 28.1. The van der Waals surface area contributed by atoms with Crippen LogP contribution >= 0.6 is 21.1 Å². The van der Waals surface area contributed by atoms with Gasteiger partial charge >= 0.3 is 18.1 Å². The zero-order valence-electron chi connectivity index (χ0n) is 14.4. The van der Waals surface area contributed by atoms with Crippen LogP contribution in [0.5, 0.6) is 0 Å². The number of methoxy groups -OCH3 is 1. The molecule has 0 aromatic rings. The van der Waals surface area contributed by atoms with Crippen molar-refractivity contribution in [2.45, 2.75) is 39.8 Å². The minimum absolute atomic E-state index is 0.0819. The molecule has 6 nitrogen and oxygen atoms in total. The third kappa shape index (κ3) is 26.2. The van der Waals surface area contributed by atoms with Crippen LogP contribution in [-0.4, -0.2) is 54.5 Å². The van der Waals surface area contributed by atoms with Crippen molar-refractivity contribution >= 4 is 37.5 Å². The molecule has 0 heterocycles. The van der Waals surface area contributed by atoms with Gasteiger partial charge in [0, 0.05) is 40.7 Å². The highest BCUT2D eigenvalue weighted by atomic mass is 127. The summed E-state index contributed by atoms with van der Waals surface area (Å²) in [7, 11) is 1.42. The van der Waals surface area contributed by atoms with E-state index in [0.717, 1.165) is 6.42 Å². The van der Waals surface area contributed by atoms with Crippen LogP contribution in [0.3, 0.4) is 0 Å². The van der Waals surface area contributed by atoms with Crippen molar-refractivity contribution in [3.8, 4) is 0 Å². The first-order valence-electron chi connectivity index (χ1n) is 7.09. The van der Waals surface area contributed by atoms with Gasteiger partial charge in [0.15, 0.2) is 0 Å². The maximum Gasteiger partial charge on any atom is 0.471 e. The number of hydrogen-bond donors (Lipinski definition) is 2. The van der Waals surface area contributed by atoms with Crippen LogP contribution in [0.1, 0.15) is 33.6 Å². The summed E-state index contributed by atoms with van der Waals surface area (Å²) in [6, 6.07) is 0. The van der Waals surface area contributed by atoms with Gasteiger partial charge in [-0.25, -0.2) is 0 Å². The lowest BCUT2D eigenvalue weighted by molar-refractivity contribution is -0.173. The molecule has 10 heteroatoms. The number of ether oxygens (including phenoxy) is 1. The predicted molar refractivity (Wildman–Crippen MR) is 95.0 cm³/mol. The molecule has 24 heavy (non-hydrogen) atoms. The van der Waals surface area contributed by atoms with Crippen molar-refractivity contribution in [1.29, 1.82) is 0 Å². The minimum Gasteiger partial charge on any atom is -0.469 e. The summed E-state index contributed by atoms with van der Waals surface area (Å²) in [6.45, 7) is 6.05. The Hall–Kier alpha value is -0.750. The summed E-state index contributed by atoms with van der Waals surface area (Å²) in [4.78, 5) is 20.6. The Bertz CT molecular complexity index is 339. The highest BCUT2D eigenvalue weighted by Gasteiger charge is 2.38. The molecule has 0 bridgehead atoms. The standard InChI is InChI=1S/C7H14O2.C5H7F3INO2.C2H6O/c1-6(2)4-5-7(8)9-3;1-9-12-3-2-10-4(11)5(6,7)8;1-2-3/h6H,4-5H2,1-3H3;1-3H2,(H,10,11);3H,2H2,1H3. The molecule has 2 N–H and O–H groups in total. The van der Waals surface area contributed by atoms with E-state index in [1.165, 1.54) is 7.11 Å². The number of halogens is 4. The topological polar surface area (TPSA) is 84.9 Å². The molecular weight excluding hydrogens is 446 g/mol. The minimum atomic E-state index is -4.81. The van der Waals surface area contributed by atoms with E-state index in [0.29, 0.717) is 12.3 Å². The Labute approximate surface area is 151 Å². The molecule has 1 amide bonds. The van der Waals surface area contributed by atoms with Crippen LogP contribution in [0.2, 0.25) is 0 Å².